The standard InChI is InChI=1S/C14H24O/c1-4-14(7-8-14)13(15)12-6-5-10(2)11(3)9-12/h10-12H,4-9H2,1-3H3. The minimum atomic E-state index is 0.144. The first kappa shape index (κ1) is 11.2. The van der Waals surface area contributed by atoms with Crippen molar-refractivity contribution in [3.05, 3.63) is 0 Å². The lowest BCUT2D eigenvalue weighted by atomic mass is 9.71. The molecule has 0 aromatic carbocycles. The van der Waals surface area contributed by atoms with Crippen LogP contribution in [0.4, 0.5) is 0 Å². The van der Waals surface area contributed by atoms with E-state index < -0.39 is 0 Å². The molecule has 2 rings (SSSR count). The maximum absolute atomic E-state index is 12.4. The summed E-state index contributed by atoms with van der Waals surface area (Å²) in [5, 5.41) is 0. The summed E-state index contributed by atoms with van der Waals surface area (Å²) in [6.07, 6.45) is 6.99. The highest BCUT2D eigenvalue weighted by Crippen LogP contribution is 2.53. The van der Waals surface area contributed by atoms with Gasteiger partial charge in [0, 0.05) is 11.3 Å². The first-order valence-corrected chi connectivity index (χ1v) is 6.63. The molecule has 2 saturated carbocycles. The average molecular weight is 208 g/mol. The number of rotatable bonds is 3. The third-order valence-corrected chi connectivity index (χ3v) is 5.02. The van der Waals surface area contributed by atoms with Crippen LogP contribution < -0.4 is 0 Å². The van der Waals surface area contributed by atoms with E-state index in [2.05, 4.69) is 20.8 Å². The molecule has 1 heteroatoms. The molecule has 0 saturated heterocycles. The molecular weight excluding hydrogens is 184 g/mol. The highest BCUT2D eigenvalue weighted by Gasteiger charge is 2.50. The average Bonchev–Trinajstić information content (AvgIpc) is 3.02. The summed E-state index contributed by atoms with van der Waals surface area (Å²) < 4.78 is 0. The van der Waals surface area contributed by atoms with Gasteiger partial charge in [-0.15, -0.1) is 0 Å². The van der Waals surface area contributed by atoms with Gasteiger partial charge >= 0.3 is 0 Å². The van der Waals surface area contributed by atoms with Gasteiger partial charge in [-0.05, 0) is 50.4 Å². The molecule has 2 fully saturated rings. The Morgan fingerprint density at radius 2 is 1.87 bits per heavy atom. The highest BCUT2D eigenvalue weighted by molar-refractivity contribution is 5.89. The summed E-state index contributed by atoms with van der Waals surface area (Å²) in [7, 11) is 0. The van der Waals surface area contributed by atoms with Gasteiger partial charge in [-0.25, -0.2) is 0 Å². The molecule has 1 nitrogen and oxygen atoms in total. The van der Waals surface area contributed by atoms with Gasteiger partial charge < -0.3 is 0 Å². The summed E-state index contributed by atoms with van der Waals surface area (Å²) in [4.78, 5) is 12.4. The molecule has 2 aliphatic rings. The van der Waals surface area contributed by atoms with Gasteiger partial charge in [0.1, 0.15) is 5.78 Å². The van der Waals surface area contributed by atoms with Crippen molar-refractivity contribution in [2.45, 2.75) is 59.3 Å². The van der Waals surface area contributed by atoms with E-state index in [1.165, 1.54) is 19.3 Å². The van der Waals surface area contributed by atoms with E-state index in [9.17, 15) is 4.79 Å². The molecule has 0 aliphatic heterocycles. The van der Waals surface area contributed by atoms with Gasteiger partial charge in [0.2, 0.25) is 0 Å². The van der Waals surface area contributed by atoms with Crippen LogP contribution in [-0.2, 0) is 4.79 Å². The third kappa shape index (κ3) is 1.98. The van der Waals surface area contributed by atoms with Crippen molar-refractivity contribution in [1.29, 1.82) is 0 Å². The SMILES string of the molecule is CCC1(C(=O)C2CCC(C)C(C)C2)CC1. The monoisotopic (exact) mass is 208 g/mol. The summed E-state index contributed by atoms with van der Waals surface area (Å²) in [6, 6.07) is 0. The molecule has 0 aromatic heterocycles. The van der Waals surface area contributed by atoms with Crippen molar-refractivity contribution < 1.29 is 4.79 Å². The van der Waals surface area contributed by atoms with Gasteiger partial charge in [0.15, 0.2) is 0 Å². The van der Waals surface area contributed by atoms with E-state index in [-0.39, 0.29) is 5.41 Å². The highest BCUT2D eigenvalue weighted by atomic mass is 16.1. The molecule has 3 atom stereocenters. The molecule has 0 amide bonds. The molecule has 3 unspecified atom stereocenters. The quantitative estimate of drug-likeness (QED) is 0.689. The van der Waals surface area contributed by atoms with Crippen LogP contribution in [0.3, 0.4) is 0 Å². The summed E-state index contributed by atoms with van der Waals surface area (Å²) in [6.45, 7) is 6.83. The lowest BCUT2D eigenvalue weighted by molar-refractivity contribution is -0.130. The van der Waals surface area contributed by atoms with Crippen molar-refractivity contribution in [2.75, 3.05) is 0 Å². The van der Waals surface area contributed by atoms with Crippen LogP contribution in [0.2, 0.25) is 0 Å². The fourth-order valence-corrected chi connectivity index (χ4v) is 3.14. The predicted molar refractivity (Wildman–Crippen MR) is 62.6 cm³/mol. The fraction of sp³-hybridized carbons (Fsp3) is 0.929. The zero-order valence-electron chi connectivity index (χ0n) is 10.4. The van der Waals surface area contributed by atoms with Crippen LogP contribution in [-0.4, -0.2) is 5.78 Å². The van der Waals surface area contributed by atoms with Crippen molar-refractivity contribution in [2.24, 2.45) is 23.2 Å². The van der Waals surface area contributed by atoms with Crippen LogP contribution in [0, 0.1) is 23.2 Å². The van der Waals surface area contributed by atoms with E-state index >= 15 is 0 Å². The molecular formula is C14H24O. The Morgan fingerprint density at radius 3 is 2.33 bits per heavy atom. The Balaban J connectivity index is 1.97. The maximum Gasteiger partial charge on any atom is 0.142 e. The Hall–Kier alpha value is -0.330. The molecule has 86 valence electrons. The first-order valence-electron chi connectivity index (χ1n) is 6.63. The lowest BCUT2D eigenvalue weighted by Crippen LogP contribution is -2.31. The van der Waals surface area contributed by atoms with E-state index in [1.54, 1.807) is 0 Å². The van der Waals surface area contributed by atoms with E-state index in [4.69, 9.17) is 0 Å². The van der Waals surface area contributed by atoms with Crippen molar-refractivity contribution in [3.63, 3.8) is 0 Å². The van der Waals surface area contributed by atoms with Crippen molar-refractivity contribution in [1.82, 2.24) is 0 Å². The van der Waals surface area contributed by atoms with Crippen molar-refractivity contribution in [3.8, 4) is 0 Å². The second-order valence-electron chi connectivity index (χ2n) is 5.96. The van der Waals surface area contributed by atoms with Gasteiger partial charge in [-0.2, -0.15) is 0 Å². The normalized spacial score (nSPS) is 38.7. The minimum Gasteiger partial charge on any atom is -0.299 e. The predicted octanol–water partition coefficient (Wildman–Crippen LogP) is 3.82. The fourth-order valence-electron chi connectivity index (χ4n) is 3.14. The van der Waals surface area contributed by atoms with Gasteiger partial charge in [0.05, 0.1) is 0 Å². The first-order chi connectivity index (χ1) is 7.09. The molecule has 0 aromatic rings. The zero-order valence-corrected chi connectivity index (χ0v) is 10.4. The summed E-state index contributed by atoms with van der Waals surface area (Å²) >= 11 is 0. The Labute approximate surface area is 93.6 Å². The summed E-state index contributed by atoms with van der Waals surface area (Å²) in [5.74, 6) is 2.59. The number of hydrogen-bond acceptors (Lipinski definition) is 1. The van der Waals surface area contributed by atoms with Gasteiger partial charge in [0.25, 0.3) is 0 Å². The van der Waals surface area contributed by atoms with Crippen molar-refractivity contribution >= 4 is 5.78 Å². The smallest absolute Gasteiger partial charge is 0.142 e. The lowest BCUT2D eigenvalue weighted by Gasteiger charge is -2.33. The topological polar surface area (TPSA) is 17.1 Å². The largest absolute Gasteiger partial charge is 0.299 e. The van der Waals surface area contributed by atoms with Gasteiger partial charge in [-0.3, -0.25) is 4.79 Å². The zero-order chi connectivity index (χ0) is 11.1. The second-order valence-corrected chi connectivity index (χ2v) is 5.96. The number of ketones is 1. The summed E-state index contributed by atoms with van der Waals surface area (Å²) in [5.41, 5.74) is 0.144. The molecule has 15 heavy (non-hydrogen) atoms. The van der Waals surface area contributed by atoms with E-state index in [1.807, 2.05) is 0 Å². The molecule has 0 heterocycles. The molecule has 0 N–H and O–H groups in total. The Bertz CT molecular complexity index is 252. The second kappa shape index (κ2) is 3.92. The van der Waals surface area contributed by atoms with Crippen LogP contribution in [0.25, 0.3) is 0 Å². The van der Waals surface area contributed by atoms with E-state index in [0.717, 1.165) is 31.1 Å². The number of carbonyl (C=O) groups is 1. The molecule has 0 spiro atoms. The van der Waals surface area contributed by atoms with Crippen LogP contribution in [0.5, 0.6) is 0 Å². The molecule has 2 aliphatic carbocycles. The van der Waals surface area contributed by atoms with Crippen LogP contribution in [0.1, 0.15) is 59.3 Å². The molecule has 0 radical (unpaired) electrons. The maximum atomic E-state index is 12.4. The minimum absolute atomic E-state index is 0.144. The Kier molecular flexibility index (Phi) is 2.92. The van der Waals surface area contributed by atoms with E-state index in [0.29, 0.717) is 11.7 Å². The van der Waals surface area contributed by atoms with Crippen LogP contribution in [0.15, 0.2) is 0 Å². The van der Waals surface area contributed by atoms with Gasteiger partial charge in [-0.1, -0.05) is 20.8 Å². The third-order valence-electron chi connectivity index (χ3n) is 5.02. The Morgan fingerprint density at radius 1 is 1.20 bits per heavy atom. The number of carbonyl (C=O) groups excluding carboxylic acids is 1. The van der Waals surface area contributed by atoms with Crippen LogP contribution >= 0.6 is 0 Å². The number of Topliss-reactive ketones (excluding diaryl/α,β-unsaturated/α-hetero) is 1. The number of hydrogen-bond donors (Lipinski definition) is 0. The molecule has 0 bridgehead atoms.